The number of anilines is 1. The van der Waals surface area contributed by atoms with Crippen molar-refractivity contribution in [2.24, 2.45) is 0 Å². The Morgan fingerprint density at radius 2 is 1.85 bits per heavy atom. The number of halogens is 2. The van der Waals surface area contributed by atoms with Gasteiger partial charge in [0.1, 0.15) is 10.7 Å². The van der Waals surface area contributed by atoms with Crippen LogP contribution in [0.5, 0.6) is 0 Å². The zero-order valence-electron chi connectivity index (χ0n) is 13.5. The molecule has 8 heteroatoms. The molecule has 0 aliphatic heterocycles. The molecule has 5 nitrogen and oxygen atoms in total. The molecule has 0 unspecified atom stereocenters. The van der Waals surface area contributed by atoms with Gasteiger partial charge >= 0.3 is 5.97 Å². The number of aromatic nitrogens is 1. The molecular formula is C18H12Cl2N2O3S. The van der Waals surface area contributed by atoms with Gasteiger partial charge in [0, 0.05) is 16.0 Å². The Morgan fingerprint density at radius 1 is 1.12 bits per heavy atom. The number of benzene rings is 2. The summed E-state index contributed by atoms with van der Waals surface area (Å²) in [5.41, 5.74) is 1.71. The summed E-state index contributed by atoms with van der Waals surface area (Å²) in [4.78, 5) is 28.4. The highest BCUT2D eigenvalue weighted by Crippen LogP contribution is 2.27. The largest absolute Gasteiger partial charge is 0.465 e. The normalized spacial score (nSPS) is 10.4. The van der Waals surface area contributed by atoms with E-state index in [-0.39, 0.29) is 11.3 Å². The predicted octanol–water partition coefficient (Wildman–Crippen LogP) is 5.16. The van der Waals surface area contributed by atoms with Crippen LogP contribution in [-0.4, -0.2) is 24.0 Å². The summed E-state index contributed by atoms with van der Waals surface area (Å²) in [6, 6.07) is 11.7. The summed E-state index contributed by atoms with van der Waals surface area (Å²) in [5.74, 6) is -0.943. The van der Waals surface area contributed by atoms with E-state index in [1.54, 1.807) is 17.5 Å². The van der Waals surface area contributed by atoms with Gasteiger partial charge in [-0.25, -0.2) is 9.78 Å². The molecule has 26 heavy (non-hydrogen) atoms. The van der Waals surface area contributed by atoms with E-state index in [9.17, 15) is 9.59 Å². The van der Waals surface area contributed by atoms with Crippen molar-refractivity contribution in [3.63, 3.8) is 0 Å². The third kappa shape index (κ3) is 4.04. The van der Waals surface area contributed by atoms with Crippen molar-refractivity contribution in [3.8, 4) is 10.6 Å². The van der Waals surface area contributed by atoms with Crippen molar-refractivity contribution in [1.29, 1.82) is 0 Å². The van der Waals surface area contributed by atoms with Crippen LogP contribution in [0.25, 0.3) is 10.6 Å². The molecular weight excluding hydrogens is 395 g/mol. The van der Waals surface area contributed by atoms with Crippen LogP contribution in [0.3, 0.4) is 0 Å². The number of nitrogens with one attached hydrogen (secondary N) is 1. The number of carbonyl (C=O) groups is 2. The minimum absolute atomic E-state index is 0.250. The average molecular weight is 407 g/mol. The Morgan fingerprint density at radius 3 is 2.54 bits per heavy atom. The zero-order chi connectivity index (χ0) is 18.7. The van der Waals surface area contributed by atoms with Crippen molar-refractivity contribution in [3.05, 3.63) is 69.1 Å². The number of carbonyl (C=O) groups excluding carboxylic acids is 2. The lowest BCUT2D eigenvalue weighted by molar-refractivity contribution is 0.0600. The molecule has 3 rings (SSSR count). The number of ether oxygens (including phenoxy) is 1. The van der Waals surface area contributed by atoms with E-state index in [4.69, 9.17) is 23.2 Å². The van der Waals surface area contributed by atoms with E-state index in [1.165, 1.54) is 36.6 Å². The van der Waals surface area contributed by atoms with Gasteiger partial charge in [-0.3, -0.25) is 4.79 Å². The first kappa shape index (κ1) is 18.4. The van der Waals surface area contributed by atoms with Crippen molar-refractivity contribution in [2.75, 3.05) is 12.4 Å². The lowest BCUT2D eigenvalue weighted by atomic mass is 10.2. The quantitative estimate of drug-likeness (QED) is 0.607. The number of hydrogen-bond acceptors (Lipinski definition) is 5. The molecule has 1 amide bonds. The molecule has 0 aliphatic rings. The lowest BCUT2D eigenvalue weighted by Gasteiger charge is -2.07. The minimum atomic E-state index is -0.518. The molecule has 1 aromatic heterocycles. The first-order valence-electron chi connectivity index (χ1n) is 7.38. The average Bonchev–Trinajstić information content (AvgIpc) is 3.13. The predicted molar refractivity (Wildman–Crippen MR) is 103 cm³/mol. The number of thiazole rings is 1. The van der Waals surface area contributed by atoms with Crippen LogP contribution >= 0.6 is 34.5 Å². The molecule has 0 saturated heterocycles. The Balaban J connectivity index is 1.81. The van der Waals surface area contributed by atoms with Gasteiger partial charge in [-0.05, 0) is 30.3 Å². The third-order valence-electron chi connectivity index (χ3n) is 3.46. The SMILES string of the molecule is COC(=O)c1ccc(Cl)c(NC(=O)c2csc(-c3ccc(Cl)cc3)n2)c1. The second-order valence-corrected chi connectivity index (χ2v) is 6.89. The first-order chi connectivity index (χ1) is 12.5. The molecule has 0 bridgehead atoms. The Kier molecular flexibility index (Phi) is 5.56. The molecule has 2 aromatic carbocycles. The maximum Gasteiger partial charge on any atom is 0.337 e. The van der Waals surface area contributed by atoms with Crippen LogP contribution in [-0.2, 0) is 4.74 Å². The number of hydrogen-bond donors (Lipinski definition) is 1. The summed E-state index contributed by atoms with van der Waals surface area (Å²) in [5, 5.41) is 5.94. The second kappa shape index (κ2) is 7.86. The summed E-state index contributed by atoms with van der Waals surface area (Å²) >= 11 is 13.3. The number of esters is 1. The van der Waals surface area contributed by atoms with E-state index in [0.717, 1.165) is 5.56 Å². The van der Waals surface area contributed by atoms with Crippen molar-refractivity contribution in [2.45, 2.75) is 0 Å². The van der Waals surface area contributed by atoms with Gasteiger partial charge in [0.05, 0.1) is 23.4 Å². The fraction of sp³-hybridized carbons (Fsp3) is 0.0556. The van der Waals surface area contributed by atoms with Gasteiger partial charge < -0.3 is 10.1 Å². The standard InChI is InChI=1S/C18H12Cl2N2O3S/c1-25-18(24)11-4-7-13(20)14(8-11)21-16(23)15-9-26-17(22-15)10-2-5-12(19)6-3-10/h2-9H,1H3,(H,21,23). The monoisotopic (exact) mass is 406 g/mol. The van der Waals surface area contributed by atoms with Gasteiger partial charge in [-0.2, -0.15) is 0 Å². The van der Waals surface area contributed by atoms with Crippen LogP contribution in [0.1, 0.15) is 20.8 Å². The van der Waals surface area contributed by atoms with Gasteiger partial charge in [0.15, 0.2) is 0 Å². The van der Waals surface area contributed by atoms with Crippen molar-refractivity contribution >= 4 is 52.1 Å². The van der Waals surface area contributed by atoms with Crippen LogP contribution in [0.4, 0.5) is 5.69 Å². The minimum Gasteiger partial charge on any atom is -0.465 e. The molecule has 3 aromatic rings. The van der Waals surface area contributed by atoms with Crippen molar-refractivity contribution < 1.29 is 14.3 Å². The molecule has 132 valence electrons. The summed E-state index contributed by atoms with van der Waals surface area (Å²) in [6.07, 6.45) is 0. The molecule has 0 spiro atoms. The van der Waals surface area contributed by atoms with Gasteiger partial charge in [-0.15, -0.1) is 11.3 Å². The summed E-state index contributed by atoms with van der Waals surface area (Å²) in [6.45, 7) is 0. The van der Waals surface area contributed by atoms with E-state index >= 15 is 0 Å². The molecule has 1 N–H and O–H groups in total. The Labute approximate surface area is 163 Å². The molecule has 1 heterocycles. The van der Waals surface area contributed by atoms with E-state index < -0.39 is 11.9 Å². The third-order valence-corrected chi connectivity index (χ3v) is 4.94. The van der Waals surface area contributed by atoms with Crippen molar-refractivity contribution in [1.82, 2.24) is 4.98 Å². The Hall–Kier alpha value is -2.41. The fourth-order valence-corrected chi connectivity index (χ4v) is 3.25. The fourth-order valence-electron chi connectivity index (χ4n) is 2.16. The second-order valence-electron chi connectivity index (χ2n) is 5.19. The van der Waals surface area contributed by atoms with Crippen LogP contribution < -0.4 is 5.32 Å². The number of rotatable bonds is 4. The highest BCUT2D eigenvalue weighted by Gasteiger charge is 2.15. The van der Waals surface area contributed by atoms with Crippen LogP contribution in [0, 0.1) is 0 Å². The highest BCUT2D eigenvalue weighted by molar-refractivity contribution is 7.13. The van der Waals surface area contributed by atoms with Crippen LogP contribution in [0.2, 0.25) is 10.0 Å². The van der Waals surface area contributed by atoms with Gasteiger partial charge in [-0.1, -0.05) is 35.3 Å². The maximum atomic E-state index is 12.5. The van der Waals surface area contributed by atoms with Gasteiger partial charge in [0.25, 0.3) is 5.91 Å². The Bertz CT molecular complexity index is 971. The summed E-state index contributed by atoms with van der Waals surface area (Å²) < 4.78 is 4.67. The lowest BCUT2D eigenvalue weighted by Crippen LogP contribution is -2.13. The smallest absolute Gasteiger partial charge is 0.337 e. The van der Waals surface area contributed by atoms with E-state index in [2.05, 4.69) is 15.0 Å². The zero-order valence-corrected chi connectivity index (χ0v) is 15.8. The van der Waals surface area contributed by atoms with E-state index in [1.807, 2.05) is 12.1 Å². The van der Waals surface area contributed by atoms with Gasteiger partial charge in [0.2, 0.25) is 0 Å². The molecule has 0 aliphatic carbocycles. The summed E-state index contributed by atoms with van der Waals surface area (Å²) in [7, 11) is 1.28. The highest BCUT2D eigenvalue weighted by atomic mass is 35.5. The van der Waals surface area contributed by atoms with E-state index in [0.29, 0.717) is 20.7 Å². The molecule has 0 radical (unpaired) electrons. The molecule has 0 saturated carbocycles. The van der Waals surface area contributed by atoms with Crippen LogP contribution in [0.15, 0.2) is 47.8 Å². The molecule has 0 fully saturated rings. The molecule has 0 atom stereocenters. The number of amides is 1. The maximum absolute atomic E-state index is 12.5. The first-order valence-corrected chi connectivity index (χ1v) is 9.02. The number of nitrogens with zero attached hydrogens (tertiary/aromatic N) is 1. The number of methoxy groups -OCH3 is 1. The topological polar surface area (TPSA) is 68.3 Å².